The lowest BCUT2D eigenvalue weighted by Crippen LogP contribution is -2.07. The predicted octanol–water partition coefficient (Wildman–Crippen LogP) is 4.52. The summed E-state index contributed by atoms with van der Waals surface area (Å²) in [7, 11) is 0. The Hall–Kier alpha value is -2.24. The van der Waals surface area contributed by atoms with Gasteiger partial charge in [-0.1, -0.05) is 41.4 Å². The molecule has 0 aliphatic carbocycles. The summed E-state index contributed by atoms with van der Waals surface area (Å²) in [4.78, 5) is 20.3. The van der Waals surface area contributed by atoms with E-state index < -0.39 is 5.97 Å². The van der Waals surface area contributed by atoms with Crippen LogP contribution in [0.2, 0.25) is 5.02 Å². The Labute approximate surface area is 142 Å². The first kappa shape index (κ1) is 15.6. The molecular weight excluding hydrogens is 332 g/mol. The number of hydrogen-bond donors (Lipinski definition) is 0. The molecule has 0 bridgehead atoms. The Balaban J connectivity index is 1.65. The molecular formula is C17H13ClN2O2S. The minimum atomic E-state index is -0.516. The van der Waals surface area contributed by atoms with Gasteiger partial charge in [-0.3, -0.25) is 0 Å². The number of aryl methyl sites for hydroxylation is 1. The summed E-state index contributed by atoms with van der Waals surface area (Å²) in [6.45, 7) is 2.15. The Morgan fingerprint density at radius 1 is 1.26 bits per heavy atom. The van der Waals surface area contributed by atoms with Gasteiger partial charge in [-0.25, -0.2) is 14.8 Å². The first-order valence-electron chi connectivity index (χ1n) is 6.92. The van der Waals surface area contributed by atoms with Crippen LogP contribution in [0.5, 0.6) is 0 Å². The number of hydrogen-bond acceptors (Lipinski definition) is 5. The fraction of sp³-hybridized carbons (Fsp3) is 0.118. The van der Waals surface area contributed by atoms with Crippen molar-refractivity contribution in [1.29, 1.82) is 0 Å². The zero-order valence-electron chi connectivity index (χ0n) is 12.3. The lowest BCUT2D eigenvalue weighted by molar-refractivity contribution is 0.0461. The van der Waals surface area contributed by atoms with Gasteiger partial charge in [0.2, 0.25) is 0 Å². The minimum Gasteiger partial charge on any atom is -0.454 e. The van der Waals surface area contributed by atoms with Crippen LogP contribution in [0.1, 0.15) is 21.7 Å². The molecule has 0 saturated heterocycles. The topological polar surface area (TPSA) is 52.1 Å². The molecule has 0 fully saturated rings. The van der Waals surface area contributed by atoms with Crippen molar-refractivity contribution in [3.05, 3.63) is 69.9 Å². The van der Waals surface area contributed by atoms with Crippen LogP contribution in [-0.2, 0) is 11.3 Å². The van der Waals surface area contributed by atoms with E-state index in [0.717, 1.165) is 10.6 Å². The molecule has 0 radical (unpaired) electrons. The second kappa shape index (κ2) is 6.89. The number of pyridine rings is 1. The number of halogens is 1. The highest BCUT2D eigenvalue weighted by Crippen LogP contribution is 2.24. The van der Waals surface area contributed by atoms with E-state index in [9.17, 15) is 4.79 Å². The van der Waals surface area contributed by atoms with Crippen LogP contribution in [-0.4, -0.2) is 15.9 Å². The van der Waals surface area contributed by atoms with Gasteiger partial charge in [0.05, 0.1) is 5.69 Å². The van der Waals surface area contributed by atoms with Crippen molar-refractivity contribution in [2.24, 2.45) is 0 Å². The Kier molecular flexibility index (Phi) is 4.69. The average molecular weight is 345 g/mol. The van der Waals surface area contributed by atoms with Gasteiger partial charge in [0.1, 0.15) is 17.3 Å². The summed E-state index contributed by atoms with van der Waals surface area (Å²) in [6, 6.07) is 11.2. The molecule has 0 unspecified atom stereocenters. The maximum Gasteiger partial charge on any atom is 0.357 e. The molecule has 2 aromatic heterocycles. The van der Waals surface area contributed by atoms with Crippen LogP contribution in [0.15, 0.2) is 48.0 Å². The molecule has 0 atom stereocenters. The van der Waals surface area contributed by atoms with Gasteiger partial charge in [-0.15, -0.1) is 11.3 Å². The lowest BCUT2D eigenvalue weighted by atomic mass is 10.2. The van der Waals surface area contributed by atoms with E-state index >= 15 is 0 Å². The SMILES string of the molecule is Cc1ccc(-c2nc(COC(=O)c3cc(Cl)ccn3)cs2)cc1. The van der Waals surface area contributed by atoms with Crippen LogP contribution < -0.4 is 0 Å². The highest BCUT2D eigenvalue weighted by Gasteiger charge is 2.11. The molecule has 0 spiro atoms. The summed E-state index contributed by atoms with van der Waals surface area (Å²) >= 11 is 7.35. The van der Waals surface area contributed by atoms with Crippen LogP contribution in [0.25, 0.3) is 10.6 Å². The average Bonchev–Trinajstić information content (AvgIpc) is 3.02. The van der Waals surface area contributed by atoms with Gasteiger partial charge in [-0.2, -0.15) is 0 Å². The molecule has 0 aliphatic rings. The highest BCUT2D eigenvalue weighted by atomic mass is 35.5. The molecule has 0 amide bonds. The van der Waals surface area contributed by atoms with Crippen molar-refractivity contribution in [2.75, 3.05) is 0 Å². The van der Waals surface area contributed by atoms with Gasteiger partial charge in [0.25, 0.3) is 0 Å². The third kappa shape index (κ3) is 3.94. The smallest absolute Gasteiger partial charge is 0.357 e. The fourth-order valence-corrected chi connectivity index (χ4v) is 2.90. The first-order chi connectivity index (χ1) is 11.1. The van der Waals surface area contributed by atoms with E-state index in [-0.39, 0.29) is 12.3 Å². The predicted molar refractivity (Wildman–Crippen MR) is 90.7 cm³/mol. The molecule has 3 aromatic rings. The van der Waals surface area contributed by atoms with Gasteiger partial charge in [-0.05, 0) is 19.1 Å². The Morgan fingerprint density at radius 2 is 2.04 bits per heavy atom. The number of carbonyl (C=O) groups excluding carboxylic acids is 1. The van der Waals surface area contributed by atoms with E-state index in [0.29, 0.717) is 10.7 Å². The molecule has 0 saturated carbocycles. The van der Waals surface area contributed by atoms with Crippen molar-refractivity contribution in [2.45, 2.75) is 13.5 Å². The molecule has 23 heavy (non-hydrogen) atoms. The molecule has 6 heteroatoms. The molecule has 1 aromatic carbocycles. The molecule has 0 aliphatic heterocycles. The largest absolute Gasteiger partial charge is 0.454 e. The molecule has 4 nitrogen and oxygen atoms in total. The molecule has 116 valence electrons. The maximum absolute atomic E-state index is 11.9. The monoisotopic (exact) mass is 344 g/mol. The third-order valence-corrected chi connectivity index (χ3v) is 4.31. The number of nitrogens with zero attached hydrogens (tertiary/aromatic N) is 2. The summed E-state index contributed by atoms with van der Waals surface area (Å²) in [5.41, 5.74) is 3.15. The number of thiazole rings is 1. The second-order valence-electron chi connectivity index (χ2n) is 4.95. The van der Waals surface area contributed by atoms with Crippen molar-refractivity contribution in [3.8, 4) is 10.6 Å². The van der Waals surface area contributed by atoms with Crippen LogP contribution in [0, 0.1) is 6.92 Å². The van der Waals surface area contributed by atoms with Crippen LogP contribution in [0.3, 0.4) is 0 Å². The summed E-state index contributed by atoms with van der Waals surface area (Å²) in [6.07, 6.45) is 1.47. The van der Waals surface area contributed by atoms with E-state index in [2.05, 4.69) is 9.97 Å². The normalized spacial score (nSPS) is 10.5. The highest BCUT2D eigenvalue weighted by molar-refractivity contribution is 7.13. The number of benzene rings is 1. The number of aromatic nitrogens is 2. The summed E-state index contributed by atoms with van der Waals surface area (Å²) < 4.78 is 5.22. The van der Waals surface area contributed by atoms with Crippen molar-refractivity contribution >= 4 is 28.9 Å². The Bertz CT molecular complexity index is 831. The van der Waals surface area contributed by atoms with Crippen molar-refractivity contribution < 1.29 is 9.53 Å². The summed E-state index contributed by atoms with van der Waals surface area (Å²) in [5, 5.41) is 3.23. The quantitative estimate of drug-likeness (QED) is 0.653. The van der Waals surface area contributed by atoms with Gasteiger partial charge in [0, 0.05) is 22.2 Å². The van der Waals surface area contributed by atoms with Crippen molar-refractivity contribution in [1.82, 2.24) is 9.97 Å². The van der Waals surface area contributed by atoms with Gasteiger partial charge in [0.15, 0.2) is 0 Å². The van der Waals surface area contributed by atoms with E-state index in [1.165, 1.54) is 29.2 Å². The number of esters is 1. The first-order valence-corrected chi connectivity index (χ1v) is 8.18. The fourth-order valence-electron chi connectivity index (χ4n) is 1.93. The maximum atomic E-state index is 11.9. The summed E-state index contributed by atoms with van der Waals surface area (Å²) in [5.74, 6) is -0.516. The Morgan fingerprint density at radius 3 is 2.78 bits per heavy atom. The lowest BCUT2D eigenvalue weighted by Gasteiger charge is -2.02. The van der Waals surface area contributed by atoms with Gasteiger partial charge < -0.3 is 4.74 Å². The molecule has 2 heterocycles. The number of ether oxygens (including phenoxy) is 1. The van der Waals surface area contributed by atoms with Crippen molar-refractivity contribution in [3.63, 3.8) is 0 Å². The van der Waals surface area contributed by atoms with Gasteiger partial charge >= 0.3 is 5.97 Å². The molecule has 3 rings (SSSR count). The van der Waals surface area contributed by atoms with Crippen LogP contribution in [0.4, 0.5) is 0 Å². The number of rotatable bonds is 4. The second-order valence-corrected chi connectivity index (χ2v) is 6.24. The zero-order chi connectivity index (χ0) is 16.2. The molecule has 0 N–H and O–H groups in total. The van der Waals surface area contributed by atoms with E-state index in [1.807, 2.05) is 36.6 Å². The van der Waals surface area contributed by atoms with Crippen LogP contribution >= 0.6 is 22.9 Å². The van der Waals surface area contributed by atoms with E-state index in [4.69, 9.17) is 16.3 Å². The third-order valence-electron chi connectivity index (χ3n) is 3.13. The zero-order valence-corrected chi connectivity index (χ0v) is 13.9. The minimum absolute atomic E-state index is 0.107. The number of carbonyl (C=O) groups is 1. The van der Waals surface area contributed by atoms with E-state index in [1.54, 1.807) is 6.07 Å². The standard InChI is InChI=1S/C17H13ClN2O2S/c1-11-2-4-12(5-3-11)16-20-14(10-23-16)9-22-17(21)15-8-13(18)6-7-19-15/h2-8,10H,9H2,1H3.